The van der Waals surface area contributed by atoms with Gasteiger partial charge in [0.15, 0.2) is 0 Å². The van der Waals surface area contributed by atoms with Crippen LogP contribution in [-0.4, -0.2) is 20.5 Å². The van der Waals surface area contributed by atoms with Crippen molar-refractivity contribution in [2.75, 3.05) is 6.54 Å². The summed E-state index contributed by atoms with van der Waals surface area (Å²) in [5.41, 5.74) is 11.7. The second-order valence-electron chi connectivity index (χ2n) is 3.40. The molecular formula is C8H21N2Si. The van der Waals surface area contributed by atoms with Crippen molar-refractivity contribution in [2.45, 2.75) is 44.4 Å². The molecular weight excluding hydrogens is 152 g/mol. The number of nitrogens with two attached hydrogens (primary N) is 2. The lowest BCUT2D eigenvalue weighted by atomic mass is 10.1. The van der Waals surface area contributed by atoms with Gasteiger partial charge in [-0.05, 0) is 25.8 Å². The van der Waals surface area contributed by atoms with Crippen molar-refractivity contribution < 1.29 is 0 Å². The fraction of sp³-hybridized carbons (Fsp3) is 1.00. The van der Waals surface area contributed by atoms with Gasteiger partial charge in [-0.25, -0.2) is 0 Å². The number of rotatable bonds is 5. The summed E-state index contributed by atoms with van der Waals surface area (Å²) in [7, 11) is -0.373. The Balaban J connectivity index is 3.88. The highest BCUT2D eigenvalue weighted by atomic mass is 28.3. The minimum absolute atomic E-state index is 0.115. The molecule has 3 heteroatoms. The van der Waals surface area contributed by atoms with Crippen molar-refractivity contribution in [3.63, 3.8) is 0 Å². The standard InChI is InChI=1S/C8H21N2Si/c1-4-8(10,11(2)3)6-5-7-9/h4-7,9-10H2,1-3H3. The summed E-state index contributed by atoms with van der Waals surface area (Å²) in [6.45, 7) is 7.51. The molecule has 0 fully saturated rings. The molecule has 0 aromatic heterocycles. The Morgan fingerprint density at radius 1 is 1.36 bits per heavy atom. The zero-order valence-electron chi connectivity index (χ0n) is 7.98. The molecule has 0 aliphatic heterocycles. The topological polar surface area (TPSA) is 52.0 Å². The lowest BCUT2D eigenvalue weighted by Crippen LogP contribution is -2.50. The van der Waals surface area contributed by atoms with Crippen LogP contribution < -0.4 is 11.5 Å². The second kappa shape index (κ2) is 4.90. The van der Waals surface area contributed by atoms with Crippen molar-refractivity contribution in [3.8, 4) is 0 Å². The van der Waals surface area contributed by atoms with E-state index in [9.17, 15) is 0 Å². The Labute approximate surface area is 72.0 Å². The van der Waals surface area contributed by atoms with Gasteiger partial charge in [0.1, 0.15) is 0 Å². The average molecular weight is 173 g/mol. The van der Waals surface area contributed by atoms with E-state index in [1.165, 1.54) is 0 Å². The Morgan fingerprint density at radius 2 is 1.91 bits per heavy atom. The molecule has 1 atom stereocenters. The van der Waals surface area contributed by atoms with Gasteiger partial charge in [0.05, 0.1) is 8.80 Å². The summed E-state index contributed by atoms with van der Waals surface area (Å²) in [4.78, 5) is 0. The van der Waals surface area contributed by atoms with Gasteiger partial charge in [-0.2, -0.15) is 0 Å². The van der Waals surface area contributed by atoms with Crippen LogP contribution in [0, 0.1) is 0 Å². The van der Waals surface area contributed by atoms with Crippen molar-refractivity contribution in [1.82, 2.24) is 0 Å². The fourth-order valence-electron chi connectivity index (χ4n) is 1.20. The van der Waals surface area contributed by atoms with Crippen LogP contribution in [0.3, 0.4) is 0 Å². The molecule has 0 rings (SSSR count). The van der Waals surface area contributed by atoms with E-state index in [4.69, 9.17) is 11.5 Å². The fourth-order valence-corrected chi connectivity index (χ4v) is 2.58. The molecule has 67 valence electrons. The maximum Gasteiger partial charge on any atom is 0.0662 e. The predicted molar refractivity (Wildman–Crippen MR) is 53.0 cm³/mol. The molecule has 0 amide bonds. The van der Waals surface area contributed by atoms with Crippen molar-refractivity contribution in [3.05, 3.63) is 0 Å². The zero-order chi connectivity index (χ0) is 8.91. The summed E-state index contributed by atoms with van der Waals surface area (Å²) in [6.07, 6.45) is 3.26. The smallest absolute Gasteiger partial charge is 0.0662 e. The molecule has 1 radical (unpaired) electrons. The molecule has 1 unspecified atom stereocenters. The highest BCUT2D eigenvalue weighted by Crippen LogP contribution is 2.17. The molecule has 0 bridgehead atoms. The molecule has 0 saturated carbocycles. The van der Waals surface area contributed by atoms with E-state index in [1.54, 1.807) is 0 Å². The molecule has 0 aromatic rings. The normalized spacial score (nSPS) is 16.9. The van der Waals surface area contributed by atoms with Gasteiger partial charge < -0.3 is 11.5 Å². The van der Waals surface area contributed by atoms with Gasteiger partial charge in [-0.3, -0.25) is 0 Å². The largest absolute Gasteiger partial charge is 0.330 e. The summed E-state index contributed by atoms with van der Waals surface area (Å²) in [5, 5.41) is 0.115. The van der Waals surface area contributed by atoms with Gasteiger partial charge in [0, 0.05) is 5.16 Å². The third kappa shape index (κ3) is 3.36. The lowest BCUT2D eigenvalue weighted by molar-refractivity contribution is 0.500. The van der Waals surface area contributed by atoms with Gasteiger partial charge in [-0.1, -0.05) is 20.0 Å². The molecule has 0 saturated heterocycles. The van der Waals surface area contributed by atoms with Crippen LogP contribution in [-0.2, 0) is 0 Å². The van der Waals surface area contributed by atoms with Crippen LogP contribution in [0.15, 0.2) is 0 Å². The third-order valence-corrected chi connectivity index (χ3v) is 5.05. The summed E-state index contributed by atoms with van der Waals surface area (Å²) in [5.74, 6) is 0. The van der Waals surface area contributed by atoms with E-state index >= 15 is 0 Å². The van der Waals surface area contributed by atoms with Crippen LogP contribution in [0.25, 0.3) is 0 Å². The first-order chi connectivity index (χ1) is 5.06. The second-order valence-corrected chi connectivity index (χ2v) is 6.40. The SMILES string of the molecule is CCC(N)(CCCN)[Si](C)C. The van der Waals surface area contributed by atoms with E-state index in [0.717, 1.165) is 25.8 Å². The van der Waals surface area contributed by atoms with Crippen molar-refractivity contribution >= 4 is 8.80 Å². The molecule has 4 N–H and O–H groups in total. The van der Waals surface area contributed by atoms with Gasteiger partial charge >= 0.3 is 0 Å². The van der Waals surface area contributed by atoms with Crippen LogP contribution in [0.4, 0.5) is 0 Å². The van der Waals surface area contributed by atoms with Gasteiger partial charge in [-0.15, -0.1) is 0 Å². The van der Waals surface area contributed by atoms with Crippen LogP contribution in [0.5, 0.6) is 0 Å². The molecule has 0 spiro atoms. The minimum atomic E-state index is -0.373. The zero-order valence-corrected chi connectivity index (χ0v) is 8.98. The molecule has 11 heavy (non-hydrogen) atoms. The van der Waals surface area contributed by atoms with Crippen molar-refractivity contribution in [2.24, 2.45) is 11.5 Å². The summed E-state index contributed by atoms with van der Waals surface area (Å²) in [6, 6.07) is 0. The molecule has 0 aliphatic rings. The first-order valence-corrected chi connectivity index (χ1v) is 6.86. The summed E-state index contributed by atoms with van der Waals surface area (Å²) >= 11 is 0. The molecule has 0 heterocycles. The maximum absolute atomic E-state index is 6.22. The highest BCUT2D eigenvalue weighted by molar-refractivity contribution is 6.59. The Morgan fingerprint density at radius 3 is 2.18 bits per heavy atom. The molecule has 0 aromatic carbocycles. The van der Waals surface area contributed by atoms with Gasteiger partial charge in [0.2, 0.25) is 0 Å². The quantitative estimate of drug-likeness (QED) is 0.612. The van der Waals surface area contributed by atoms with Crippen LogP contribution >= 0.6 is 0 Å². The van der Waals surface area contributed by atoms with E-state index in [-0.39, 0.29) is 14.0 Å². The van der Waals surface area contributed by atoms with Crippen LogP contribution in [0.2, 0.25) is 13.1 Å². The van der Waals surface area contributed by atoms with E-state index in [1.807, 2.05) is 0 Å². The first-order valence-electron chi connectivity index (χ1n) is 4.36. The Kier molecular flexibility index (Phi) is 4.96. The average Bonchev–Trinajstić information content (AvgIpc) is 2.00. The van der Waals surface area contributed by atoms with Crippen molar-refractivity contribution in [1.29, 1.82) is 0 Å². The first kappa shape index (κ1) is 11.1. The van der Waals surface area contributed by atoms with Gasteiger partial charge in [0.25, 0.3) is 0 Å². The number of hydrogen-bond donors (Lipinski definition) is 2. The van der Waals surface area contributed by atoms with E-state index in [0.29, 0.717) is 0 Å². The molecule has 0 aliphatic carbocycles. The lowest BCUT2D eigenvalue weighted by Gasteiger charge is -2.31. The van der Waals surface area contributed by atoms with E-state index < -0.39 is 0 Å². The Hall–Kier alpha value is 0.137. The number of hydrogen-bond acceptors (Lipinski definition) is 2. The molecule has 2 nitrogen and oxygen atoms in total. The summed E-state index contributed by atoms with van der Waals surface area (Å²) < 4.78 is 0. The van der Waals surface area contributed by atoms with Crippen LogP contribution in [0.1, 0.15) is 26.2 Å². The highest BCUT2D eigenvalue weighted by Gasteiger charge is 2.26. The maximum atomic E-state index is 6.22. The third-order valence-electron chi connectivity index (χ3n) is 2.45. The van der Waals surface area contributed by atoms with E-state index in [2.05, 4.69) is 20.0 Å². The minimum Gasteiger partial charge on any atom is -0.330 e. The predicted octanol–water partition coefficient (Wildman–Crippen LogP) is 1.13. The monoisotopic (exact) mass is 173 g/mol. The Bertz CT molecular complexity index is 106.